The van der Waals surface area contributed by atoms with Crippen molar-refractivity contribution >= 4 is 44.0 Å². The van der Waals surface area contributed by atoms with Crippen LogP contribution in [-0.2, 0) is 0 Å². The molecule has 2 aromatic rings. The number of ether oxygens (including phenoxy) is 2. The first kappa shape index (κ1) is 17.5. The Balaban J connectivity index is 2.13. The normalized spacial score (nSPS) is 10.6. The number of carbonyl (C=O) groups excluding carboxylic acids is 1. The molecule has 0 aromatic heterocycles. The Hall–Kier alpha value is -1.86. The minimum absolute atomic E-state index is 0.292. The maximum atomic E-state index is 12.0. The Morgan fingerprint density at radius 3 is 2.61 bits per heavy atom. The number of nitrogens with zero attached hydrogens (tertiary/aromatic N) is 1. The van der Waals surface area contributed by atoms with Crippen LogP contribution in [0.4, 0.5) is 0 Å². The highest BCUT2D eigenvalue weighted by molar-refractivity contribution is 9.10. The SMILES string of the molecule is COc1ccc(/C=N\NC(=O)c2cccc(Br)c2)c(Br)c1OC. The summed E-state index contributed by atoms with van der Waals surface area (Å²) in [4.78, 5) is 12.0. The molecule has 0 aliphatic heterocycles. The van der Waals surface area contributed by atoms with E-state index in [1.165, 1.54) is 6.21 Å². The third-order valence-electron chi connectivity index (χ3n) is 2.97. The number of nitrogens with one attached hydrogen (secondary N) is 1. The fourth-order valence-corrected chi connectivity index (χ4v) is 2.85. The molecule has 120 valence electrons. The van der Waals surface area contributed by atoms with Gasteiger partial charge < -0.3 is 9.47 Å². The maximum absolute atomic E-state index is 12.0. The average molecular weight is 442 g/mol. The lowest BCUT2D eigenvalue weighted by molar-refractivity contribution is 0.0955. The van der Waals surface area contributed by atoms with Gasteiger partial charge in [0, 0.05) is 15.6 Å². The average Bonchev–Trinajstić information content (AvgIpc) is 2.55. The second-order valence-electron chi connectivity index (χ2n) is 4.41. The largest absolute Gasteiger partial charge is 0.493 e. The number of carbonyl (C=O) groups is 1. The molecule has 23 heavy (non-hydrogen) atoms. The van der Waals surface area contributed by atoms with Crippen LogP contribution in [-0.4, -0.2) is 26.3 Å². The van der Waals surface area contributed by atoms with Gasteiger partial charge in [-0.15, -0.1) is 0 Å². The fraction of sp³-hybridized carbons (Fsp3) is 0.125. The van der Waals surface area contributed by atoms with Crippen LogP contribution >= 0.6 is 31.9 Å². The van der Waals surface area contributed by atoms with Gasteiger partial charge in [-0.3, -0.25) is 4.79 Å². The summed E-state index contributed by atoms with van der Waals surface area (Å²) in [5.41, 5.74) is 3.75. The molecule has 0 spiro atoms. The fourth-order valence-electron chi connectivity index (χ4n) is 1.86. The van der Waals surface area contributed by atoms with Crippen LogP contribution in [0.1, 0.15) is 15.9 Å². The Morgan fingerprint density at radius 1 is 1.17 bits per heavy atom. The molecule has 0 radical (unpaired) electrons. The minimum Gasteiger partial charge on any atom is -0.493 e. The van der Waals surface area contributed by atoms with Crippen molar-refractivity contribution < 1.29 is 14.3 Å². The number of methoxy groups -OCH3 is 2. The second kappa shape index (κ2) is 8.12. The number of hydrogen-bond donors (Lipinski definition) is 1. The molecule has 0 bridgehead atoms. The Morgan fingerprint density at radius 2 is 1.96 bits per heavy atom. The van der Waals surface area contributed by atoms with Gasteiger partial charge in [-0.05, 0) is 46.3 Å². The highest BCUT2D eigenvalue weighted by atomic mass is 79.9. The summed E-state index contributed by atoms with van der Waals surface area (Å²) < 4.78 is 12.0. The summed E-state index contributed by atoms with van der Waals surface area (Å²) in [6.07, 6.45) is 1.53. The molecule has 0 saturated carbocycles. The van der Waals surface area contributed by atoms with Gasteiger partial charge in [0.2, 0.25) is 0 Å². The molecule has 0 aliphatic carbocycles. The van der Waals surface area contributed by atoms with Gasteiger partial charge >= 0.3 is 0 Å². The van der Waals surface area contributed by atoms with Crippen molar-refractivity contribution in [1.82, 2.24) is 5.43 Å². The summed E-state index contributed by atoms with van der Waals surface area (Å²) in [6, 6.07) is 10.6. The molecule has 0 fully saturated rings. The quantitative estimate of drug-likeness (QED) is 0.563. The van der Waals surface area contributed by atoms with E-state index in [-0.39, 0.29) is 5.91 Å². The first-order valence-corrected chi connectivity index (χ1v) is 8.15. The third kappa shape index (κ3) is 4.33. The molecule has 0 saturated heterocycles. The summed E-state index contributed by atoms with van der Waals surface area (Å²) in [6.45, 7) is 0. The zero-order valence-corrected chi connectivity index (χ0v) is 15.6. The van der Waals surface area contributed by atoms with Gasteiger partial charge in [0.25, 0.3) is 5.91 Å². The molecule has 0 aliphatic rings. The molecule has 2 rings (SSSR count). The molecule has 0 atom stereocenters. The molecule has 0 unspecified atom stereocenters. The number of halogens is 2. The number of hydrazone groups is 1. The van der Waals surface area contributed by atoms with Gasteiger partial charge in [-0.1, -0.05) is 22.0 Å². The predicted molar refractivity (Wildman–Crippen MR) is 96.4 cm³/mol. The van der Waals surface area contributed by atoms with Crippen molar-refractivity contribution in [1.29, 1.82) is 0 Å². The Labute approximate surface area is 150 Å². The molecule has 5 nitrogen and oxygen atoms in total. The van der Waals surface area contributed by atoms with E-state index in [1.807, 2.05) is 6.07 Å². The van der Waals surface area contributed by atoms with E-state index in [4.69, 9.17) is 9.47 Å². The van der Waals surface area contributed by atoms with Crippen LogP contribution in [0.2, 0.25) is 0 Å². The van der Waals surface area contributed by atoms with Crippen LogP contribution in [0.15, 0.2) is 50.4 Å². The van der Waals surface area contributed by atoms with Gasteiger partial charge in [-0.2, -0.15) is 5.10 Å². The van der Waals surface area contributed by atoms with Crippen molar-refractivity contribution in [3.63, 3.8) is 0 Å². The lowest BCUT2D eigenvalue weighted by Gasteiger charge is -2.10. The summed E-state index contributed by atoms with van der Waals surface area (Å²) in [7, 11) is 3.12. The van der Waals surface area contributed by atoms with Crippen molar-refractivity contribution in [2.24, 2.45) is 5.10 Å². The van der Waals surface area contributed by atoms with Crippen molar-refractivity contribution in [3.8, 4) is 11.5 Å². The minimum atomic E-state index is -0.292. The van der Waals surface area contributed by atoms with Crippen molar-refractivity contribution in [3.05, 3.63) is 56.5 Å². The van der Waals surface area contributed by atoms with Gasteiger partial charge in [0.15, 0.2) is 11.5 Å². The predicted octanol–water partition coefficient (Wildman–Crippen LogP) is 3.99. The molecule has 7 heteroatoms. The van der Waals surface area contributed by atoms with E-state index < -0.39 is 0 Å². The van der Waals surface area contributed by atoms with E-state index in [9.17, 15) is 4.79 Å². The Kier molecular flexibility index (Phi) is 6.18. The van der Waals surface area contributed by atoms with Crippen LogP contribution in [0.3, 0.4) is 0 Å². The van der Waals surface area contributed by atoms with Crippen molar-refractivity contribution in [2.45, 2.75) is 0 Å². The number of amides is 1. The number of benzene rings is 2. The highest BCUT2D eigenvalue weighted by Crippen LogP contribution is 2.36. The number of rotatable bonds is 5. The van der Waals surface area contributed by atoms with E-state index >= 15 is 0 Å². The van der Waals surface area contributed by atoms with Crippen molar-refractivity contribution in [2.75, 3.05) is 14.2 Å². The van der Waals surface area contributed by atoms with Gasteiger partial charge in [-0.25, -0.2) is 5.43 Å². The monoisotopic (exact) mass is 440 g/mol. The maximum Gasteiger partial charge on any atom is 0.271 e. The molecular weight excluding hydrogens is 428 g/mol. The van der Waals surface area contributed by atoms with Crippen LogP contribution in [0.25, 0.3) is 0 Å². The van der Waals surface area contributed by atoms with Crippen LogP contribution in [0, 0.1) is 0 Å². The van der Waals surface area contributed by atoms with Crippen LogP contribution < -0.4 is 14.9 Å². The second-order valence-corrected chi connectivity index (χ2v) is 6.12. The summed E-state index contributed by atoms with van der Waals surface area (Å²) in [5, 5.41) is 3.97. The van der Waals surface area contributed by atoms with Crippen LogP contribution in [0.5, 0.6) is 11.5 Å². The van der Waals surface area contributed by atoms with E-state index in [1.54, 1.807) is 44.6 Å². The van der Waals surface area contributed by atoms with Gasteiger partial charge in [0.05, 0.1) is 24.9 Å². The smallest absolute Gasteiger partial charge is 0.271 e. The lowest BCUT2D eigenvalue weighted by Crippen LogP contribution is -2.17. The molecule has 1 amide bonds. The highest BCUT2D eigenvalue weighted by Gasteiger charge is 2.11. The zero-order chi connectivity index (χ0) is 16.8. The van der Waals surface area contributed by atoms with E-state index in [2.05, 4.69) is 42.4 Å². The molecule has 2 aromatic carbocycles. The van der Waals surface area contributed by atoms with E-state index in [0.717, 1.165) is 10.0 Å². The number of hydrogen-bond acceptors (Lipinski definition) is 4. The zero-order valence-electron chi connectivity index (χ0n) is 12.5. The molecular formula is C16H14Br2N2O3. The van der Waals surface area contributed by atoms with Gasteiger partial charge in [0.1, 0.15) is 0 Å². The Bertz CT molecular complexity index is 748. The first-order valence-electron chi connectivity index (χ1n) is 6.56. The summed E-state index contributed by atoms with van der Waals surface area (Å²) >= 11 is 6.76. The van der Waals surface area contributed by atoms with E-state index in [0.29, 0.717) is 21.5 Å². The standard InChI is InChI=1S/C16H14Br2N2O3/c1-22-13-7-6-11(14(18)15(13)23-2)9-19-20-16(21)10-4-3-5-12(17)8-10/h3-9H,1-2H3,(H,20,21)/b19-9-. The third-order valence-corrected chi connectivity index (χ3v) is 4.28. The molecule has 1 N–H and O–H groups in total. The molecule has 0 heterocycles. The summed E-state index contributed by atoms with van der Waals surface area (Å²) in [5.74, 6) is 0.878. The first-order chi connectivity index (χ1) is 11.1. The topological polar surface area (TPSA) is 59.9 Å². The lowest BCUT2D eigenvalue weighted by atomic mass is 10.2.